The van der Waals surface area contributed by atoms with Gasteiger partial charge < -0.3 is 14.8 Å². The minimum absolute atomic E-state index is 0.0207. The summed E-state index contributed by atoms with van der Waals surface area (Å²) in [6.45, 7) is 1.96. The SMILES string of the molecule is CCOC(=O)/C=C1/NC(=O)[C@@H](CC(=O)OC)S1. The maximum absolute atomic E-state index is 11.4. The van der Waals surface area contributed by atoms with Crippen molar-refractivity contribution in [2.75, 3.05) is 13.7 Å². The van der Waals surface area contributed by atoms with Crippen LogP contribution in [-0.4, -0.2) is 36.8 Å². The van der Waals surface area contributed by atoms with Crippen LogP contribution in [0.25, 0.3) is 0 Å². The molecule has 0 aliphatic carbocycles. The van der Waals surface area contributed by atoms with Crippen LogP contribution in [0.15, 0.2) is 11.1 Å². The van der Waals surface area contributed by atoms with Crippen molar-refractivity contribution in [1.29, 1.82) is 0 Å². The molecule has 1 amide bonds. The van der Waals surface area contributed by atoms with E-state index in [1.165, 1.54) is 13.2 Å². The zero-order chi connectivity index (χ0) is 12.8. The molecule has 1 aliphatic heterocycles. The molecule has 17 heavy (non-hydrogen) atoms. The highest BCUT2D eigenvalue weighted by atomic mass is 32.2. The number of thioether (sulfide) groups is 1. The Bertz CT molecular complexity index is 366. The molecule has 0 aromatic rings. The van der Waals surface area contributed by atoms with Crippen LogP contribution in [0.1, 0.15) is 13.3 Å². The number of rotatable bonds is 4. The molecular formula is C10H13NO5S. The summed E-state index contributed by atoms with van der Waals surface area (Å²) in [5.74, 6) is -1.29. The summed E-state index contributed by atoms with van der Waals surface area (Å²) in [6, 6.07) is 0. The van der Waals surface area contributed by atoms with Gasteiger partial charge in [-0.15, -0.1) is 0 Å². The molecule has 1 rings (SSSR count). The zero-order valence-corrected chi connectivity index (χ0v) is 10.3. The van der Waals surface area contributed by atoms with Crippen LogP contribution in [0, 0.1) is 0 Å². The smallest absolute Gasteiger partial charge is 0.333 e. The van der Waals surface area contributed by atoms with Gasteiger partial charge in [-0.25, -0.2) is 4.79 Å². The number of hydrogen-bond acceptors (Lipinski definition) is 6. The maximum atomic E-state index is 11.4. The summed E-state index contributed by atoms with van der Waals surface area (Å²) >= 11 is 1.12. The molecule has 1 atom stereocenters. The van der Waals surface area contributed by atoms with E-state index in [-0.39, 0.29) is 18.9 Å². The van der Waals surface area contributed by atoms with E-state index in [1.54, 1.807) is 6.92 Å². The topological polar surface area (TPSA) is 81.7 Å². The van der Waals surface area contributed by atoms with Gasteiger partial charge in [0.25, 0.3) is 0 Å². The molecule has 0 aromatic carbocycles. The molecule has 6 nitrogen and oxygen atoms in total. The minimum Gasteiger partial charge on any atom is -0.469 e. The van der Waals surface area contributed by atoms with Gasteiger partial charge in [0.1, 0.15) is 5.25 Å². The average Bonchev–Trinajstić information content (AvgIpc) is 2.59. The molecule has 0 radical (unpaired) electrons. The quantitative estimate of drug-likeness (QED) is 0.573. The van der Waals surface area contributed by atoms with Crippen molar-refractivity contribution in [3.8, 4) is 0 Å². The van der Waals surface area contributed by atoms with Gasteiger partial charge in [0.2, 0.25) is 5.91 Å². The number of esters is 2. The van der Waals surface area contributed by atoms with E-state index in [0.29, 0.717) is 5.03 Å². The lowest BCUT2D eigenvalue weighted by Crippen LogP contribution is -2.24. The number of carbonyl (C=O) groups excluding carboxylic acids is 3. The standard InChI is InChI=1S/C10H13NO5S/c1-3-16-9(13)5-7-11-10(14)6(17-7)4-8(12)15-2/h5-6H,3-4H2,1-2H3,(H,11,14)/b7-5-/t6-/m1/s1. The molecular weight excluding hydrogens is 246 g/mol. The van der Waals surface area contributed by atoms with Crippen molar-refractivity contribution in [2.24, 2.45) is 0 Å². The van der Waals surface area contributed by atoms with Crippen molar-refractivity contribution in [3.05, 3.63) is 11.1 Å². The molecule has 94 valence electrons. The lowest BCUT2D eigenvalue weighted by atomic mass is 10.3. The van der Waals surface area contributed by atoms with Crippen LogP contribution in [0.5, 0.6) is 0 Å². The van der Waals surface area contributed by atoms with Crippen LogP contribution in [0.4, 0.5) is 0 Å². The van der Waals surface area contributed by atoms with Crippen LogP contribution in [0.2, 0.25) is 0 Å². The van der Waals surface area contributed by atoms with Crippen LogP contribution in [-0.2, 0) is 23.9 Å². The number of ether oxygens (including phenoxy) is 2. The number of carbonyl (C=O) groups is 3. The number of hydrogen-bond donors (Lipinski definition) is 1. The van der Waals surface area contributed by atoms with Crippen LogP contribution < -0.4 is 5.32 Å². The molecule has 0 unspecified atom stereocenters. The van der Waals surface area contributed by atoms with E-state index < -0.39 is 17.2 Å². The zero-order valence-electron chi connectivity index (χ0n) is 9.52. The largest absolute Gasteiger partial charge is 0.469 e. The van der Waals surface area contributed by atoms with Crippen LogP contribution >= 0.6 is 11.8 Å². The third-order valence-electron chi connectivity index (χ3n) is 1.92. The predicted octanol–water partition coefficient (Wildman–Crippen LogP) is 0.186. The van der Waals surface area contributed by atoms with Crippen molar-refractivity contribution in [3.63, 3.8) is 0 Å². The van der Waals surface area contributed by atoms with E-state index in [4.69, 9.17) is 4.74 Å². The number of nitrogens with one attached hydrogen (secondary N) is 1. The summed E-state index contributed by atoms with van der Waals surface area (Å²) in [6.07, 6.45) is 1.18. The normalized spacial score (nSPS) is 21.2. The fraction of sp³-hybridized carbons (Fsp3) is 0.500. The Morgan fingerprint density at radius 2 is 2.24 bits per heavy atom. The van der Waals surface area contributed by atoms with Gasteiger partial charge >= 0.3 is 11.9 Å². The summed E-state index contributed by atoms with van der Waals surface area (Å²) in [5.41, 5.74) is 0. The van der Waals surface area contributed by atoms with Crippen molar-refractivity contribution in [2.45, 2.75) is 18.6 Å². The van der Waals surface area contributed by atoms with E-state index in [0.717, 1.165) is 11.8 Å². The Labute approximate surface area is 103 Å². The lowest BCUT2D eigenvalue weighted by molar-refractivity contribution is -0.141. The van der Waals surface area contributed by atoms with Gasteiger partial charge in [-0.05, 0) is 6.92 Å². The fourth-order valence-corrected chi connectivity index (χ4v) is 2.18. The van der Waals surface area contributed by atoms with Gasteiger partial charge in [0, 0.05) is 0 Å². The number of amides is 1. The lowest BCUT2D eigenvalue weighted by Gasteiger charge is -2.02. The van der Waals surface area contributed by atoms with Gasteiger partial charge in [-0.1, -0.05) is 11.8 Å². The Morgan fingerprint density at radius 3 is 2.82 bits per heavy atom. The Kier molecular flexibility index (Phi) is 5.02. The van der Waals surface area contributed by atoms with Gasteiger partial charge in [0.05, 0.1) is 31.2 Å². The van der Waals surface area contributed by atoms with E-state index >= 15 is 0 Å². The summed E-state index contributed by atoms with van der Waals surface area (Å²) in [4.78, 5) is 33.6. The van der Waals surface area contributed by atoms with Crippen molar-refractivity contribution >= 4 is 29.6 Å². The highest BCUT2D eigenvalue weighted by Gasteiger charge is 2.31. The van der Waals surface area contributed by atoms with Gasteiger partial charge in [-0.3, -0.25) is 9.59 Å². The monoisotopic (exact) mass is 259 g/mol. The molecule has 0 aromatic heterocycles. The molecule has 1 heterocycles. The third kappa shape index (κ3) is 4.10. The predicted molar refractivity (Wildman–Crippen MR) is 60.9 cm³/mol. The first kappa shape index (κ1) is 13.6. The van der Waals surface area contributed by atoms with Crippen molar-refractivity contribution in [1.82, 2.24) is 5.32 Å². The molecule has 1 saturated heterocycles. The summed E-state index contributed by atoms with van der Waals surface area (Å²) in [7, 11) is 1.26. The van der Waals surface area contributed by atoms with E-state index in [9.17, 15) is 14.4 Å². The molecule has 0 saturated carbocycles. The molecule has 7 heteroatoms. The summed E-state index contributed by atoms with van der Waals surface area (Å²) in [5, 5.41) is 2.34. The maximum Gasteiger partial charge on any atom is 0.333 e. The molecule has 0 bridgehead atoms. The second-order valence-electron chi connectivity index (χ2n) is 3.14. The molecule has 1 aliphatic rings. The Balaban J connectivity index is 2.57. The molecule has 1 N–H and O–H groups in total. The highest BCUT2D eigenvalue weighted by Crippen LogP contribution is 2.29. The minimum atomic E-state index is -0.553. The Hall–Kier alpha value is -1.50. The second kappa shape index (κ2) is 6.29. The van der Waals surface area contributed by atoms with Crippen LogP contribution in [0.3, 0.4) is 0 Å². The fourth-order valence-electron chi connectivity index (χ4n) is 1.17. The molecule has 1 fully saturated rings. The summed E-state index contributed by atoms with van der Waals surface area (Å²) < 4.78 is 9.18. The Morgan fingerprint density at radius 1 is 1.53 bits per heavy atom. The van der Waals surface area contributed by atoms with Crippen molar-refractivity contribution < 1.29 is 23.9 Å². The van der Waals surface area contributed by atoms with E-state index in [1.807, 2.05) is 0 Å². The average molecular weight is 259 g/mol. The first-order valence-corrected chi connectivity index (χ1v) is 5.87. The van der Waals surface area contributed by atoms with E-state index in [2.05, 4.69) is 10.1 Å². The second-order valence-corrected chi connectivity index (χ2v) is 4.38. The third-order valence-corrected chi connectivity index (χ3v) is 3.06. The highest BCUT2D eigenvalue weighted by molar-refractivity contribution is 8.04. The first-order valence-electron chi connectivity index (χ1n) is 4.99. The van der Waals surface area contributed by atoms with Gasteiger partial charge in [0.15, 0.2) is 0 Å². The van der Waals surface area contributed by atoms with Gasteiger partial charge in [-0.2, -0.15) is 0 Å². The molecule has 0 spiro atoms. The first-order chi connectivity index (χ1) is 8.06. The number of methoxy groups -OCH3 is 1.